The van der Waals surface area contributed by atoms with Crippen LogP contribution < -0.4 is 10.2 Å². The maximum Gasteiger partial charge on any atom is 0.160 e. The quantitative estimate of drug-likeness (QED) is 0.794. The standard InChI is InChI=1S/C19H21FN4O/c1-13-9-16(20)17(21-2)11-15(13)14-10-18(23-5-7-25-8-6-23)19-22-3-4-24(19)12-14/h3-4,9-12,21H,5-8H2,1-2H3. The number of aryl methyl sites for hydroxylation is 1. The molecule has 25 heavy (non-hydrogen) atoms. The molecule has 0 unspecified atom stereocenters. The van der Waals surface area contributed by atoms with E-state index in [0.717, 1.165) is 54.3 Å². The Morgan fingerprint density at radius 1 is 1.20 bits per heavy atom. The molecule has 1 aliphatic heterocycles. The molecule has 4 rings (SSSR count). The Balaban J connectivity index is 1.88. The van der Waals surface area contributed by atoms with Crippen LogP contribution in [0, 0.1) is 12.7 Å². The van der Waals surface area contributed by atoms with E-state index in [2.05, 4.69) is 21.3 Å². The van der Waals surface area contributed by atoms with E-state index in [1.165, 1.54) is 0 Å². The van der Waals surface area contributed by atoms with Crippen molar-refractivity contribution in [2.75, 3.05) is 43.6 Å². The summed E-state index contributed by atoms with van der Waals surface area (Å²) in [5, 5.41) is 2.92. The molecule has 0 amide bonds. The fraction of sp³-hybridized carbons (Fsp3) is 0.316. The third-order valence-corrected chi connectivity index (χ3v) is 4.71. The van der Waals surface area contributed by atoms with Gasteiger partial charge in [0, 0.05) is 44.3 Å². The van der Waals surface area contributed by atoms with Gasteiger partial charge in [-0.15, -0.1) is 0 Å². The number of aromatic nitrogens is 2. The molecular formula is C19H21FN4O. The monoisotopic (exact) mass is 340 g/mol. The van der Waals surface area contributed by atoms with Crippen molar-refractivity contribution in [3.05, 3.63) is 48.2 Å². The lowest BCUT2D eigenvalue weighted by Gasteiger charge is -2.29. The number of anilines is 2. The maximum absolute atomic E-state index is 14.0. The van der Waals surface area contributed by atoms with Gasteiger partial charge in [0.2, 0.25) is 0 Å². The van der Waals surface area contributed by atoms with Gasteiger partial charge < -0.3 is 19.4 Å². The Morgan fingerprint density at radius 2 is 2.00 bits per heavy atom. The van der Waals surface area contributed by atoms with Crippen LogP contribution in [0.3, 0.4) is 0 Å². The first-order valence-electron chi connectivity index (χ1n) is 8.45. The number of hydrogen-bond donors (Lipinski definition) is 1. The summed E-state index contributed by atoms with van der Waals surface area (Å²) in [5.74, 6) is -0.235. The van der Waals surface area contributed by atoms with E-state index in [1.807, 2.05) is 29.8 Å². The molecule has 130 valence electrons. The Bertz CT molecular complexity index is 915. The number of ether oxygens (including phenoxy) is 1. The van der Waals surface area contributed by atoms with Crippen LogP contribution in [-0.4, -0.2) is 42.7 Å². The average Bonchev–Trinajstić information content (AvgIpc) is 3.10. The zero-order valence-corrected chi connectivity index (χ0v) is 14.4. The first-order chi connectivity index (χ1) is 12.2. The van der Waals surface area contributed by atoms with Gasteiger partial charge in [-0.1, -0.05) is 0 Å². The summed E-state index contributed by atoms with van der Waals surface area (Å²) in [4.78, 5) is 6.81. The zero-order valence-electron chi connectivity index (χ0n) is 14.4. The van der Waals surface area contributed by atoms with Gasteiger partial charge in [-0.05, 0) is 36.2 Å². The molecule has 1 N–H and O–H groups in total. The number of halogens is 1. The molecule has 1 aromatic carbocycles. The van der Waals surface area contributed by atoms with Crippen molar-refractivity contribution in [1.82, 2.24) is 9.38 Å². The molecule has 2 aromatic heterocycles. The summed E-state index contributed by atoms with van der Waals surface area (Å²) in [6.07, 6.45) is 5.80. The third kappa shape index (κ3) is 2.82. The minimum absolute atomic E-state index is 0.235. The molecule has 3 heterocycles. The van der Waals surface area contributed by atoms with Crippen LogP contribution in [-0.2, 0) is 4.74 Å². The van der Waals surface area contributed by atoms with Crippen LogP contribution in [0.2, 0.25) is 0 Å². The van der Waals surface area contributed by atoms with E-state index < -0.39 is 0 Å². The summed E-state index contributed by atoms with van der Waals surface area (Å²) in [7, 11) is 1.73. The van der Waals surface area contributed by atoms with Gasteiger partial charge in [0.1, 0.15) is 5.82 Å². The molecule has 0 saturated carbocycles. The van der Waals surface area contributed by atoms with Crippen LogP contribution in [0.15, 0.2) is 36.8 Å². The Labute approximate surface area is 146 Å². The third-order valence-electron chi connectivity index (χ3n) is 4.71. The zero-order chi connectivity index (χ0) is 17.4. The first-order valence-corrected chi connectivity index (χ1v) is 8.45. The van der Waals surface area contributed by atoms with Crippen LogP contribution in [0.4, 0.5) is 15.8 Å². The van der Waals surface area contributed by atoms with Gasteiger partial charge in [-0.25, -0.2) is 9.37 Å². The van der Waals surface area contributed by atoms with E-state index in [9.17, 15) is 4.39 Å². The number of morpholine rings is 1. The Kier molecular flexibility index (Phi) is 4.05. The molecule has 0 atom stereocenters. The number of benzene rings is 1. The van der Waals surface area contributed by atoms with Crippen molar-refractivity contribution in [3.63, 3.8) is 0 Å². The number of fused-ring (bicyclic) bond motifs is 1. The van der Waals surface area contributed by atoms with Crippen molar-refractivity contribution in [2.24, 2.45) is 0 Å². The summed E-state index contributed by atoms with van der Waals surface area (Å²) < 4.78 is 21.5. The molecule has 3 aromatic rings. The predicted octanol–water partition coefficient (Wildman–Crippen LogP) is 3.33. The van der Waals surface area contributed by atoms with Gasteiger partial charge in [-0.3, -0.25) is 0 Å². The highest BCUT2D eigenvalue weighted by Gasteiger charge is 2.18. The van der Waals surface area contributed by atoms with Crippen molar-refractivity contribution in [2.45, 2.75) is 6.92 Å². The average molecular weight is 340 g/mol. The minimum Gasteiger partial charge on any atom is -0.386 e. The Morgan fingerprint density at radius 3 is 2.76 bits per heavy atom. The number of rotatable bonds is 3. The van der Waals surface area contributed by atoms with Gasteiger partial charge in [0.05, 0.1) is 24.6 Å². The Hall–Kier alpha value is -2.60. The molecule has 0 radical (unpaired) electrons. The highest BCUT2D eigenvalue weighted by Crippen LogP contribution is 2.33. The topological polar surface area (TPSA) is 41.8 Å². The largest absolute Gasteiger partial charge is 0.386 e. The number of imidazole rings is 1. The highest BCUT2D eigenvalue weighted by molar-refractivity contribution is 5.80. The van der Waals surface area contributed by atoms with Crippen LogP contribution >= 0.6 is 0 Å². The van der Waals surface area contributed by atoms with Crippen molar-refractivity contribution >= 4 is 17.0 Å². The van der Waals surface area contributed by atoms with Gasteiger partial charge in [-0.2, -0.15) is 0 Å². The van der Waals surface area contributed by atoms with E-state index in [-0.39, 0.29) is 5.82 Å². The van der Waals surface area contributed by atoms with E-state index in [1.54, 1.807) is 19.3 Å². The predicted molar refractivity (Wildman–Crippen MR) is 97.9 cm³/mol. The fourth-order valence-electron chi connectivity index (χ4n) is 3.37. The number of hydrogen-bond acceptors (Lipinski definition) is 4. The van der Waals surface area contributed by atoms with Crippen LogP contribution in [0.1, 0.15) is 5.56 Å². The van der Waals surface area contributed by atoms with Gasteiger partial charge >= 0.3 is 0 Å². The lowest BCUT2D eigenvalue weighted by atomic mass is 10.00. The molecule has 0 bridgehead atoms. The molecule has 1 saturated heterocycles. The second kappa shape index (κ2) is 6.37. The molecule has 6 heteroatoms. The molecule has 0 aliphatic carbocycles. The molecule has 1 aliphatic rings. The van der Waals surface area contributed by atoms with E-state index in [4.69, 9.17) is 4.74 Å². The summed E-state index contributed by atoms with van der Waals surface area (Å²) in [6.45, 7) is 5.06. The lowest BCUT2D eigenvalue weighted by molar-refractivity contribution is 0.123. The van der Waals surface area contributed by atoms with Crippen molar-refractivity contribution in [3.8, 4) is 11.1 Å². The second-order valence-electron chi connectivity index (χ2n) is 6.27. The van der Waals surface area contributed by atoms with Crippen LogP contribution in [0.5, 0.6) is 0 Å². The van der Waals surface area contributed by atoms with Gasteiger partial charge in [0.15, 0.2) is 5.65 Å². The number of nitrogens with zero attached hydrogens (tertiary/aromatic N) is 3. The maximum atomic E-state index is 14.0. The molecule has 5 nitrogen and oxygen atoms in total. The summed E-state index contributed by atoms with van der Waals surface area (Å²) in [5.41, 5.74) is 5.47. The SMILES string of the molecule is CNc1cc(-c2cc(N3CCOCC3)c3nccn3c2)c(C)cc1F. The highest BCUT2D eigenvalue weighted by atomic mass is 19.1. The van der Waals surface area contributed by atoms with Crippen molar-refractivity contribution in [1.29, 1.82) is 0 Å². The fourth-order valence-corrected chi connectivity index (χ4v) is 3.37. The molecular weight excluding hydrogens is 319 g/mol. The smallest absolute Gasteiger partial charge is 0.160 e. The lowest BCUT2D eigenvalue weighted by Crippen LogP contribution is -2.36. The van der Waals surface area contributed by atoms with Crippen LogP contribution in [0.25, 0.3) is 16.8 Å². The number of nitrogens with one attached hydrogen (secondary N) is 1. The molecule has 0 spiro atoms. The first kappa shape index (κ1) is 15.9. The summed E-state index contributed by atoms with van der Waals surface area (Å²) in [6, 6.07) is 5.59. The minimum atomic E-state index is -0.235. The normalized spacial score (nSPS) is 14.9. The van der Waals surface area contributed by atoms with Crippen molar-refractivity contribution < 1.29 is 9.13 Å². The number of pyridine rings is 1. The molecule has 1 fully saturated rings. The second-order valence-corrected chi connectivity index (χ2v) is 6.27. The summed E-state index contributed by atoms with van der Waals surface area (Å²) >= 11 is 0. The van der Waals surface area contributed by atoms with E-state index in [0.29, 0.717) is 5.69 Å². The van der Waals surface area contributed by atoms with E-state index >= 15 is 0 Å². The van der Waals surface area contributed by atoms with Gasteiger partial charge in [0.25, 0.3) is 0 Å².